The molecule has 1 unspecified atom stereocenters. The van der Waals surface area contributed by atoms with E-state index < -0.39 is 41.0 Å². The first-order valence-corrected chi connectivity index (χ1v) is 14.5. The molecule has 2 fully saturated rings. The van der Waals surface area contributed by atoms with Crippen LogP contribution in [-0.2, 0) is 28.3 Å². The number of para-hydroxylation sites is 1. The zero-order valence-corrected chi connectivity index (χ0v) is 24.5. The number of nitrogens with zero attached hydrogens (tertiary/aromatic N) is 4. The first-order chi connectivity index (χ1) is 21.4. The van der Waals surface area contributed by atoms with Gasteiger partial charge in [0.1, 0.15) is 0 Å². The topological polar surface area (TPSA) is 86.0 Å². The lowest BCUT2D eigenvalue weighted by atomic mass is 10.00. The Morgan fingerprint density at radius 1 is 1.04 bits per heavy atom. The Hall–Kier alpha value is -3.82. The molecular formula is C30H34F6N6O3. The normalized spacial score (nSPS) is 18.9. The number of carbonyl (C=O) groups excluding carboxylic acids is 1. The number of carbonyl (C=O) groups is 1. The van der Waals surface area contributed by atoms with Gasteiger partial charge in [-0.05, 0) is 31.2 Å². The van der Waals surface area contributed by atoms with E-state index in [1.807, 2.05) is 42.3 Å². The number of hydrogen-bond acceptors (Lipinski definition) is 7. The van der Waals surface area contributed by atoms with Crippen molar-refractivity contribution in [3.63, 3.8) is 0 Å². The number of nitrogens with one attached hydrogen (secondary N) is 2. The molecule has 1 aromatic heterocycles. The molecule has 9 nitrogen and oxygen atoms in total. The maximum absolute atomic E-state index is 13.7. The van der Waals surface area contributed by atoms with E-state index in [4.69, 9.17) is 9.57 Å². The van der Waals surface area contributed by atoms with Crippen molar-refractivity contribution < 1.29 is 40.7 Å². The molecule has 0 radical (unpaired) electrons. The highest BCUT2D eigenvalue weighted by atomic mass is 19.4. The second-order valence-corrected chi connectivity index (χ2v) is 11.1. The van der Waals surface area contributed by atoms with Gasteiger partial charge in [-0.3, -0.25) is 25.1 Å². The van der Waals surface area contributed by atoms with E-state index in [0.29, 0.717) is 55.4 Å². The molecule has 2 aliphatic heterocycles. The van der Waals surface area contributed by atoms with Gasteiger partial charge in [0.15, 0.2) is 0 Å². The lowest BCUT2D eigenvalue weighted by Crippen LogP contribution is -2.54. The van der Waals surface area contributed by atoms with Crippen molar-refractivity contribution in [2.45, 2.75) is 31.7 Å². The van der Waals surface area contributed by atoms with Crippen LogP contribution in [0.2, 0.25) is 0 Å². The maximum Gasteiger partial charge on any atom is 0.416 e. The Morgan fingerprint density at radius 3 is 2.42 bits per heavy atom. The molecule has 2 aromatic carbocycles. The summed E-state index contributed by atoms with van der Waals surface area (Å²) in [6, 6.07) is 7.69. The molecule has 0 saturated carbocycles. The van der Waals surface area contributed by atoms with Crippen LogP contribution < -0.4 is 5.48 Å². The quantitative estimate of drug-likeness (QED) is 0.200. The van der Waals surface area contributed by atoms with Crippen molar-refractivity contribution in [1.82, 2.24) is 30.4 Å². The van der Waals surface area contributed by atoms with Crippen LogP contribution in [0.25, 0.3) is 10.9 Å². The Bertz CT molecular complexity index is 1470. The molecule has 2 aliphatic rings. The first kappa shape index (κ1) is 32.6. The third-order valence-electron chi connectivity index (χ3n) is 7.81. The number of H-pyrrole nitrogens is 1. The number of benzene rings is 2. The summed E-state index contributed by atoms with van der Waals surface area (Å²) in [4.78, 5) is 24.8. The number of halogens is 6. The van der Waals surface area contributed by atoms with Gasteiger partial charge in [-0.1, -0.05) is 18.2 Å². The van der Waals surface area contributed by atoms with E-state index in [-0.39, 0.29) is 25.6 Å². The predicted molar refractivity (Wildman–Crippen MR) is 153 cm³/mol. The van der Waals surface area contributed by atoms with Crippen LogP contribution in [0, 0.1) is 0 Å². The van der Waals surface area contributed by atoms with Crippen LogP contribution >= 0.6 is 0 Å². The third kappa shape index (κ3) is 8.27. The van der Waals surface area contributed by atoms with Crippen molar-refractivity contribution in [1.29, 1.82) is 0 Å². The van der Waals surface area contributed by atoms with Crippen LogP contribution in [0.3, 0.4) is 0 Å². The summed E-state index contributed by atoms with van der Waals surface area (Å²) in [7, 11) is 0. The predicted octanol–water partition coefficient (Wildman–Crippen LogP) is 4.68. The second kappa shape index (κ2) is 13.7. The highest BCUT2D eigenvalue weighted by Crippen LogP contribution is 2.37. The second-order valence-electron chi connectivity index (χ2n) is 11.1. The number of hydrogen-bond donors (Lipinski definition) is 2. The molecule has 1 amide bonds. The summed E-state index contributed by atoms with van der Waals surface area (Å²) in [5, 5.41) is 8.07. The molecule has 45 heavy (non-hydrogen) atoms. The van der Waals surface area contributed by atoms with Crippen LogP contribution in [0.4, 0.5) is 26.3 Å². The van der Waals surface area contributed by atoms with Crippen LogP contribution in [0.15, 0.2) is 54.4 Å². The molecule has 15 heteroatoms. The number of morpholine rings is 1. The molecule has 0 bridgehead atoms. The molecule has 3 heterocycles. The Labute approximate surface area is 255 Å². The van der Waals surface area contributed by atoms with Crippen LogP contribution in [0.1, 0.15) is 34.1 Å². The number of allylic oxidation sites excluding steroid dienone is 1. The Kier molecular flexibility index (Phi) is 9.89. The average molecular weight is 641 g/mol. The molecule has 2 saturated heterocycles. The lowest BCUT2D eigenvalue weighted by Gasteiger charge is -2.41. The Morgan fingerprint density at radius 2 is 1.73 bits per heavy atom. The largest absolute Gasteiger partial charge is 0.416 e. The van der Waals surface area contributed by atoms with E-state index in [0.717, 1.165) is 25.0 Å². The first-order valence-electron chi connectivity index (χ1n) is 14.5. The van der Waals surface area contributed by atoms with E-state index in [9.17, 15) is 31.1 Å². The standard InChI is InChI=1S/C30H34F6N6O3/c1-20(39-45-13-10-40-8-11-44-12-9-40)18-41-6-7-42(24(19-41)17-27-25-4-2-3-5-26(25)37-38-27)28(43)21-14-22(29(31,32)33)16-23(15-21)30(34,35)36/h2-5,14-16,18,24,39H,6-13,17,19H2,1H3,(H,37,38). The fourth-order valence-electron chi connectivity index (χ4n) is 5.55. The summed E-state index contributed by atoms with van der Waals surface area (Å²) in [5.41, 5.74) is 1.24. The van der Waals surface area contributed by atoms with Gasteiger partial charge in [-0.15, -0.1) is 0 Å². The minimum absolute atomic E-state index is 0.0204. The number of fused-ring (bicyclic) bond motifs is 1. The fourth-order valence-corrected chi connectivity index (χ4v) is 5.55. The van der Waals surface area contributed by atoms with Crippen molar-refractivity contribution >= 4 is 16.8 Å². The summed E-state index contributed by atoms with van der Waals surface area (Å²) in [6.07, 6.45) is -8.07. The van der Waals surface area contributed by atoms with Gasteiger partial charge < -0.3 is 14.5 Å². The van der Waals surface area contributed by atoms with Crippen LogP contribution in [0.5, 0.6) is 0 Å². The van der Waals surface area contributed by atoms with Gasteiger partial charge in [0, 0.05) is 68.5 Å². The monoisotopic (exact) mass is 640 g/mol. The van der Waals surface area contributed by atoms with Crippen molar-refractivity contribution in [3.8, 4) is 0 Å². The molecule has 5 rings (SSSR count). The maximum atomic E-state index is 13.7. The smallest absolute Gasteiger partial charge is 0.379 e. The number of ether oxygens (including phenoxy) is 1. The van der Waals surface area contributed by atoms with Gasteiger partial charge in [0.2, 0.25) is 0 Å². The number of aromatic nitrogens is 2. The van der Waals surface area contributed by atoms with Gasteiger partial charge in [-0.25, -0.2) is 0 Å². The number of piperazine rings is 1. The van der Waals surface area contributed by atoms with Gasteiger partial charge in [-0.2, -0.15) is 31.4 Å². The summed E-state index contributed by atoms with van der Waals surface area (Å²) in [5.74, 6) is -0.912. The lowest BCUT2D eigenvalue weighted by molar-refractivity contribution is -0.143. The number of amides is 1. The van der Waals surface area contributed by atoms with Gasteiger partial charge in [0.05, 0.1) is 48.2 Å². The molecule has 0 spiro atoms. The van der Waals surface area contributed by atoms with Gasteiger partial charge in [0.25, 0.3) is 5.91 Å². The summed E-state index contributed by atoms with van der Waals surface area (Å²) >= 11 is 0. The molecular weight excluding hydrogens is 606 g/mol. The average Bonchev–Trinajstić information content (AvgIpc) is 3.41. The molecule has 1 atom stereocenters. The molecule has 0 aliphatic carbocycles. The highest BCUT2D eigenvalue weighted by molar-refractivity contribution is 5.95. The van der Waals surface area contributed by atoms with E-state index in [1.54, 1.807) is 0 Å². The summed E-state index contributed by atoms with van der Waals surface area (Å²) < 4.78 is 86.7. The number of alkyl halides is 6. The van der Waals surface area contributed by atoms with Crippen LogP contribution in [-0.4, -0.2) is 95.9 Å². The van der Waals surface area contributed by atoms with E-state index in [2.05, 4.69) is 20.6 Å². The zero-order valence-electron chi connectivity index (χ0n) is 24.5. The molecule has 3 aromatic rings. The van der Waals surface area contributed by atoms with Crippen molar-refractivity contribution in [2.75, 3.05) is 59.1 Å². The van der Waals surface area contributed by atoms with E-state index >= 15 is 0 Å². The Balaban J connectivity index is 1.35. The highest BCUT2D eigenvalue weighted by Gasteiger charge is 2.39. The fraction of sp³-hybridized carbons (Fsp3) is 0.467. The van der Waals surface area contributed by atoms with E-state index in [1.165, 1.54) is 4.90 Å². The minimum atomic E-state index is -5.07. The number of rotatable bonds is 9. The zero-order chi connectivity index (χ0) is 32.2. The van der Waals surface area contributed by atoms with Gasteiger partial charge >= 0.3 is 12.4 Å². The van der Waals surface area contributed by atoms with Crippen molar-refractivity contribution in [3.05, 3.63) is 76.7 Å². The van der Waals surface area contributed by atoms with Crippen molar-refractivity contribution in [2.24, 2.45) is 0 Å². The number of aromatic amines is 1. The summed E-state index contributed by atoms with van der Waals surface area (Å²) in [6.45, 7) is 6.66. The third-order valence-corrected chi connectivity index (χ3v) is 7.81. The SMILES string of the molecule is CC(=CN1CCN(C(=O)c2cc(C(F)(F)F)cc(C(F)(F)F)c2)C(Cc2[nH]nc3ccccc23)C1)NOCCN1CCOCC1. The molecule has 244 valence electrons. The molecule has 2 N–H and O–H groups in total. The number of hydroxylamine groups is 1. The minimum Gasteiger partial charge on any atom is -0.379 e.